The number of amides is 2. The quantitative estimate of drug-likeness (QED) is 0.461. The maximum Gasteiger partial charge on any atom is 0.313 e. The third kappa shape index (κ3) is 3.92. The fourth-order valence-electron chi connectivity index (χ4n) is 7.05. The second-order valence-electron chi connectivity index (χ2n) is 11.4. The number of hydrogen-bond acceptors (Lipinski definition) is 6. The predicted molar refractivity (Wildman–Crippen MR) is 148 cm³/mol. The van der Waals surface area contributed by atoms with Gasteiger partial charge in [-0.05, 0) is 56.0 Å². The van der Waals surface area contributed by atoms with Gasteiger partial charge in [-0.15, -0.1) is 0 Å². The monoisotopic (exact) mass is 542 g/mol. The van der Waals surface area contributed by atoms with Gasteiger partial charge in [-0.1, -0.05) is 60.7 Å². The molecule has 2 aromatic rings. The number of cyclic esters (lactones) is 1. The first-order valence-electron chi connectivity index (χ1n) is 13.8. The number of aryl methyl sites for hydroxylation is 2. The second-order valence-corrected chi connectivity index (χ2v) is 11.4. The molecule has 0 saturated carbocycles. The van der Waals surface area contributed by atoms with Gasteiger partial charge in [0.2, 0.25) is 5.91 Å². The van der Waals surface area contributed by atoms with Crippen molar-refractivity contribution in [2.24, 2.45) is 11.8 Å². The molecule has 6 atom stereocenters. The summed E-state index contributed by atoms with van der Waals surface area (Å²) in [4.78, 5) is 45.8. The number of benzene rings is 2. The summed E-state index contributed by atoms with van der Waals surface area (Å²) in [6.07, 6.45) is 7.52. The topological polar surface area (TPSA) is 96.4 Å². The molecule has 1 spiro atoms. The van der Waals surface area contributed by atoms with E-state index < -0.39 is 41.1 Å². The number of anilines is 1. The van der Waals surface area contributed by atoms with Gasteiger partial charge in [0.05, 0.1) is 24.2 Å². The van der Waals surface area contributed by atoms with Crippen molar-refractivity contribution in [1.29, 1.82) is 0 Å². The molecule has 4 heterocycles. The van der Waals surface area contributed by atoms with E-state index in [-0.39, 0.29) is 31.6 Å². The second kappa shape index (κ2) is 9.71. The van der Waals surface area contributed by atoms with E-state index in [0.29, 0.717) is 6.42 Å². The number of aliphatic hydroxyl groups excluding tert-OH is 1. The zero-order valence-electron chi connectivity index (χ0n) is 22.9. The van der Waals surface area contributed by atoms with E-state index in [0.717, 1.165) is 22.4 Å². The Labute approximate surface area is 233 Å². The van der Waals surface area contributed by atoms with Gasteiger partial charge in [-0.25, -0.2) is 0 Å². The smallest absolute Gasteiger partial charge is 0.313 e. The number of carbonyl (C=O) groups excluding carboxylic acids is 3. The lowest BCUT2D eigenvalue weighted by Crippen LogP contribution is -2.59. The number of fused-ring (bicyclic) bond motifs is 2. The third-order valence-corrected chi connectivity index (χ3v) is 8.82. The Hall–Kier alpha value is -3.75. The van der Waals surface area contributed by atoms with Crippen molar-refractivity contribution in [2.45, 2.75) is 50.5 Å². The number of rotatable bonds is 5. The van der Waals surface area contributed by atoms with Crippen LogP contribution in [0, 0.1) is 25.7 Å². The van der Waals surface area contributed by atoms with Gasteiger partial charge in [-0.3, -0.25) is 14.4 Å². The van der Waals surface area contributed by atoms with Crippen molar-refractivity contribution in [2.75, 3.05) is 24.7 Å². The number of esters is 1. The zero-order valence-corrected chi connectivity index (χ0v) is 22.9. The highest BCUT2D eigenvalue weighted by molar-refractivity contribution is 6.06. The molecule has 208 valence electrons. The minimum Gasteiger partial charge on any atom is -0.461 e. The lowest BCUT2D eigenvalue weighted by Gasteiger charge is -2.40. The Morgan fingerprint density at radius 2 is 1.77 bits per heavy atom. The lowest BCUT2D eigenvalue weighted by atomic mass is 9.75. The van der Waals surface area contributed by atoms with Gasteiger partial charge in [-0.2, -0.15) is 0 Å². The van der Waals surface area contributed by atoms with Crippen LogP contribution >= 0.6 is 0 Å². The summed E-state index contributed by atoms with van der Waals surface area (Å²) in [5.74, 6) is -3.14. The van der Waals surface area contributed by atoms with Gasteiger partial charge in [0.15, 0.2) is 0 Å². The molecule has 0 radical (unpaired) electrons. The summed E-state index contributed by atoms with van der Waals surface area (Å²) in [5, 5.41) is 10.6. The summed E-state index contributed by atoms with van der Waals surface area (Å²) >= 11 is 0. The fraction of sp³-hybridized carbons (Fsp3) is 0.406. The molecule has 2 amide bonds. The molecule has 4 aliphatic rings. The zero-order chi connectivity index (χ0) is 28.2. The van der Waals surface area contributed by atoms with Crippen molar-refractivity contribution in [3.05, 3.63) is 89.5 Å². The normalized spacial score (nSPS) is 31.8. The van der Waals surface area contributed by atoms with E-state index in [1.54, 1.807) is 30.1 Å². The van der Waals surface area contributed by atoms with Crippen LogP contribution < -0.4 is 4.90 Å². The highest BCUT2D eigenvalue weighted by atomic mass is 16.6. The van der Waals surface area contributed by atoms with E-state index >= 15 is 0 Å². The molecule has 6 rings (SSSR count). The Bertz CT molecular complexity index is 1420. The van der Waals surface area contributed by atoms with Crippen LogP contribution in [0.1, 0.15) is 23.6 Å². The van der Waals surface area contributed by atoms with Gasteiger partial charge in [0.1, 0.15) is 24.2 Å². The van der Waals surface area contributed by atoms with Crippen LogP contribution in [0.2, 0.25) is 0 Å². The first-order chi connectivity index (χ1) is 19.2. The molecule has 40 heavy (non-hydrogen) atoms. The standard InChI is InChI=1S/C32H34N2O6/c1-20-11-12-21(2)24(17-20)33-15-7-14-32-25(26-30(38)39-16-8-13-31(26,3)40-32)28(36)34(27(32)29(33)37)23(19-35)18-22-9-5-4-6-10-22/h4-14,17,23,25-27,35H,15-16,18-19H2,1-3H3/t23-,25+,26-,27?,31+,32+/m1/s1. The molecule has 0 aromatic heterocycles. The SMILES string of the molecule is Cc1ccc(C)c(N2CC=C[C@]34O[C@@]5(C)C=CCOC(=O)[C@H]5[C@H]3C(=O)N([C@@H](CO)Cc3ccccc3)C4C2=O)c1. The Kier molecular flexibility index (Phi) is 6.43. The van der Waals surface area contributed by atoms with Crippen LogP contribution in [0.3, 0.4) is 0 Å². The molecule has 8 heteroatoms. The molecular weight excluding hydrogens is 508 g/mol. The van der Waals surface area contributed by atoms with E-state index in [4.69, 9.17) is 9.47 Å². The number of ether oxygens (including phenoxy) is 2. The summed E-state index contributed by atoms with van der Waals surface area (Å²) in [7, 11) is 0. The van der Waals surface area contributed by atoms with Crippen LogP contribution in [0.4, 0.5) is 5.69 Å². The highest BCUT2D eigenvalue weighted by Gasteiger charge is 2.75. The van der Waals surface area contributed by atoms with Crippen LogP contribution in [0.15, 0.2) is 72.8 Å². The van der Waals surface area contributed by atoms with Crippen LogP contribution in [0.5, 0.6) is 0 Å². The van der Waals surface area contributed by atoms with Crippen molar-refractivity contribution in [3.8, 4) is 0 Å². The van der Waals surface area contributed by atoms with Crippen LogP contribution in [0.25, 0.3) is 0 Å². The summed E-state index contributed by atoms with van der Waals surface area (Å²) < 4.78 is 12.3. The molecule has 4 aliphatic heterocycles. The number of aliphatic hydroxyl groups is 1. The first kappa shape index (κ1) is 26.5. The molecule has 8 nitrogen and oxygen atoms in total. The maximum absolute atomic E-state index is 14.7. The Morgan fingerprint density at radius 3 is 2.52 bits per heavy atom. The Morgan fingerprint density at radius 1 is 1.00 bits per heavy atom. The van der Waals surface area contributed by atoms with E-state index in [2.05, 4.69) is 0 Å². The van der Waals surface area contributed by atoms with Gasteiger partial charge >= 0.3 is 5.97 Å². The molecule has 2 saturated heterocycles. The van der Waals surface area contributed by atoms with Crippen molar-refractivity contribution in [3.63, 3.8) is 0 Å². The minimum absolute atomic E-state index is 0.0950. The Balaban J connectivity index is 1.51. The van der Waals surface area contributed by atoms with Crippen LogP contribution in [-0.2, 0) is 30.3 Å². The number of nitrogens with zero attached hydrogens (tertiary/aromatic N) is 2. The summed E-state index contributed by atoms with van der Waals surface area (Å²) in [6, 6.07) is 13.7. The maximum atomic E-state index is 14.7. The molecule has 0 bridgehead atoms. The van der Waals surface area contributed by atoms with Gasteiger partial charge in [0, 0.05) is 12.2 Å². The predicted octanol–water partition coefficient (Wildman–Crippen LogP) is 2.89. The average Bonchev–Trinajstić information content (AvgIpc) is 3.20. The number of carbonyl (C=O) groups is 3. The molecule has 1 N–H and O–H groups in total. The fourth-order valence-corrected chi connectivity index (χ4v) is 7.05. The molecule has 2 fully saturated rings. The van der Waals surface area contributed by atoms with Gasteiger partial charge < -0.3 is 24.4 Å². The van der Waals surface area contributed by atoms with E-state index in [1.165, 1.54) is 4.90 Å². The van der Waals surface area contributed by atoms with Crippen LogP contribution in [-0.4, -0.2) is 70.8 Å². The summed E-state index contributed by atoms with van der Waals surface area (Å²) in [6.45, 7) is 5.72. The molecule has 2 aromatic carbocycles. The number of hydrogen-bond donors (Lipinski definition) is 1. The lowest BCUT2D eigenvalue weighted by molar-refractivity contribution is -0.157. The minimum atomic E-state index is -1.41. The van der Waals surface area contributed by atoms with E-state index in [1.807, 2.05) is 68.5 Å². The summed E-state index contributed by atoms with van der Waals surface area (Å²) in [5.41, 5.74) is 1.06. The largest absolute Gasteiger partial charge is 0.461 e. The highest BCUT2D eigenvalue weighted by Crippen LogP contribution is 2.58. The molecular formula is C32H34N2O6. The van der Waals surface area contributed by atoms with E-state index in [9.17, 15) is 19.5 Å². The van der Waals surface area contributed by atoms with Crippen molar-refractivity contribution in [1.82, 2.24) is 4.90 Å². The third-order valence-electron chi connectivity index (χ3n) is 8.82. The average molecular weight is 543 g/mol. The van der Waals surface area contributed by atoms with Crippen molar-refractivity contribution >= 4 is 23.5 Å². The number of likely N-dealkylation sites (tertiary alicyclic amines) is 1. The van der Waals surface area contributed by atoms with Crippen molar-refractivity contribution < 1.29 is 29.0 Å². The van der Waals surface area contributed by atoms with Gasteiger partial charge in [0.25, 0.3) is 5.91 Å². The molecule has 1 unspecified atom stereocenters. The molecule has 0 aliphatic carbocycles. The first-order valence-corrected chi connectivity index (χ1v) is 13.8.